The maximum absolute atomic E-state index is 12.0. The van der Waals surface area contributed by atoms with Crippen molar-refractivity contribution >= 4 is 29.0 Å². The maximum Gasteiger partial charge on any atom is 0.342 e. The van der Waals surface area contributed by atoms with Crippen molar-refractivity contribution in [1.82, 2.24) is 14.6 Å². The van der Waals surface area contributed by atoms with Crippen LogP contribution in [0.15, 0.2) is 23.4 Å². The maximum atomic E-state index is 12.0. The smallest absolute Gasteiger partial charge is 0.342 e. The molecule has 1 aliphatic heterocycles. The molecule has 0 bridgehead atoms. The number of carbonyl (C=O) groups is 1. The van der Waals surface area contributed by atoms with Crippen molar-refractivity contribution in [2.45, 2.75) is 20.1 Å². The first kappa shape index (κ1) is 20.3. The summed E-state index contributed by atoms with van der Waals surface area (Å²) >= 11 is 0. The Balaban J connectivity index is 2.12. The van der Waals surface area contributed by atoms with E-state index in [-0.39, 0.29) is 28.7 Å². The van der Waals surface area contributed by atoms with Crippen molar-refractivity contribution in [2.24, 2.45) is 12.1 Å². The molecule has 2 aromatic rings. The minimum Gasteiger partial charge on any atom is -0.440 e. The number of hydrazone groups is 1. The van der Waals surface area contributed by atoms with Gasteiger partial charge in [-0.3, -0.25) is 25.0 Å². The third kappa shape index (κ3) is 3.27. The van der Waals surface area contributed by atoms with Gasteiger partial charge in [0.2, 0.25) is 11.8 Å². The minimum atomic E-state index is -1.31. The van der Waals surface area contributed by atoms with Crippen LogP contribution in [0.2, 0.25) is 0 Å². The molecule has 0 aliphatic carbocycles. The lowest BCUT2D eigenvalue weighted by Gasteiger charge is -2.16. The van der Waals surface area contributed by atoms with Crippen LogP contribution in [0.25, 0.3) is 0 Å². The molecule has 0 saturated carbocycles. The summed E-state index contributed by atoms with van der Waals surface area (Å²) in [5, 5.41) is 38.4. The Bertz CT molecular complexity index is 1140. The average Bonchev–Trinajstić information content (AvgIpc) is 3.25. The second-order valence-corrected chi connectivity index (χ2v) is 6.18. The number of nitro groups is 3. The van der Waals surface area contributed by atoms with Gasteiger partial charge in [-0.25, -0.2) is 9.55 Å². The lowest BCUT2D eigenvalue weighted by molar-refractivity contribution is -0.394. The number of imidazole rings is 1. The van der Waals surface area contributed by atoms with Crippen LogP contribution >= 0.6 is 0 Å². The van der Waals surface area contributed by atoms with E-state index in [4.69, 9.17) is 4.74 Å². The zero-order valence-electron chi connectivity index (χ0n) is 15.7. The number of nitro benzene ring substituents is 2. The fourth-order valence-corrected chi connectivity index (χ4v) is 2.86. The summed E-state index contributed by atoms with van der Waals surface area (Å²) in [7, 11) is 1.34. The quantitative estimate of drug-likeness (QED) is 0.512. The van der Waals surface area contributed by atoms with Crippen LogP contribution in [0.3, 0.4) is 0 Å². The van der Waals surface area contributed by atoms with E-state index in [0.717, 1.165) is 34.8 Å². The fourth-order valence-electron chi connectivity index (χ4n) is 2.86. The highest BCUT2D eigenvalue weighted by Gasteiger charge is 2.40. The zero-order valence-corrected chi connectivity index (χ0v) is 15.7. The van der Waals surface area contributed by atoms with E-state index in [1.807, 2.05) is 0 Å². The van der Waals surface area contributed by atoms with Gasteiger partial charge in [-0.15, -0.1) is 5.10 Å². The van der Waals surface area contributed by atoms with E-state index in [2.05, 4.69) is 10.1 Å². The summed E-state index contributed by atoms with van der Waals surface area (Å²) in [6, 6.07) is 1.83. The van der Waals surface area contributed by atoms with Gasteiger partial charge < -0.3 is 14.9 Å². The molecule has 1 unspecified atom stereocenters. The molecule has 0 fully saturated rings. The molecule has 0 radical (unpaired) electrons. The highest BCUT2D eigenvalue weighted by atomic mass is 16.6. The van der Waals surface area contributed by atoms with Crippen LogP contribution in [-0.2, 0) is 16.6 Å². The molecule has 0 N–H and O–H groups in total. The molecule has 2 heterocycles. The highest BCUT2D eigenvalue weighted by molar-refractivity contribution is 5.99. The van der Waals surface area contributed by atoms with Gasteiger partial charge in [-0.05, 0) is 11.8 Å². The van der Waals surface area contributed by atoms with Crippen molar-refractivity contribution in [3.8, 4) is 0 Å². The number of carbonyl (C=O) groups excluding carboxylic acids is 1. The predicted molar refractivity (Wildman–Crippen MR) is 97.2 cm³/mol. The topological polar surface area (TPSA) is 189 Å². The number of benzene rings is 1. The van der Waals surface area contributed by atoms with Crippen LogP contribution in [0.4, 0.5) is 17.2 Å². The largest absolute Gasteiger partial charge is 0.440 e. The lowest BCUT2D eigenvalue weighted by Crippen LogP contribution is -2.27. The van der Waals surface area contributed by atoms with Crippen molar-refractivity contribution < 1.29 is 24.3 Å². The molecule has 3 rings (SSSR count). The van der Waals surface area contributed by atoms with E-state index in [9.17, 15) is 35.1 Å². The number of non-ortho nitro benzene ring substituents is 1. The first-order valence-electron chi connectivity index (χ1n) is 8.17. The Morgan fingerprint density at radius 2 is 1.80 bits per heavy atom. The molecular weight excluding hydrogens is 406 g/mol. The number of hydrogen-bond donors (Lipinski definition) is 0. The molecule has 0 spiro atoms. The fraction of sp³-hybridized carbons (Fsp3) is 0.267. The average molecular weight is 419 g/mol. The van der Waals surface area contributed by atoms with E-state index >= 15 is 0 Å². The molecule has 1 amide bonds. The summed E-state index contributed by atoms with van der Waals surface area (Å²) in [5.41, 5.74) is -1.15. The van der Waals surface area contributed by atoms with Crippen LogP contribution in [0.1, 0.15) is 30.1 Å². The first-order chi connectivity index (χ1) is 14.0. The highest BCUT2D eigenvalue weighted by Crippen LogP contribution is 2.35. The zero-order chi connectivity index (χ0) is 22.3. The summed E-state index contributed by atoms with van der Waals surface area (Å²) < 4.78 is 6.72. The monoisotopic (exact) mass is 419 g/mol. The van der Waals surface area contributed by atoms with Gasteiger partial charge in [-0.1, -0.05) is 0 Å². The van der Waals surface area contributed by atoms with Crippen molar-refractivity contribution in [2.75, 3.05) is 0 Å². The molecule has 1 aromatic heterocycles. The number of hydrogen-bond acceptors (Lipinski definition) is 10. The standard InChI is InChI=1S/C15H13N7O8/c1-7-10(4-9(20(24)25)5-11(7)21(26)27)14-17-19(8(2)23)15(30-14)13-16-6-12(18(13)3)22(28)29/h4-6,15H,1-3H3. The number of aromatic nitrogens is 2. The number of nitrogens with zero attached hydrogens (tertiary/aromatic N) is 7. The van der Waals surface area contributed by atoms with Crippen molar-refractivity contribution in [3.05, 3.63) is 65.6 Å². The number of rotatable bonds is 5. The molecule has 1 aromatic carbocycles. The molecule has 15 heteroatoms. The first-order valence-corrected chi connectivity index (χ1v) is 8.17. The van der Waals surface area contributed by atoms with Crippen molar-refractivity contribution in [1.29, 1.82) is 0 Å². The molecule has 1 aliphatic rings. The van der Waals surface area contributed by atoms with Gasteiger partial charge in [0.1, 0.15) is 6.20 Å². The Morgan fingerprint density at radius 1 is 1.13 bits per heavy atom. The summed E-state index contributed by atoms with van der Waals surface area (Å²) in [5.74, 6) is -1.32. The molecule has 15 nitrogen and oxygen atoms in total. The van der Waals surface area contributed by atoms with E-state index in [0.29, 0.717) is 0 Å². The predicted octanol–water partition coefficient (Wildman–Crippen LogP) is 1.69. The van der Waals surface area contributed by atoms with Gasteiger partial charge in [0.25, 0.3) is 23.4 Å². The molecule has 30 heavy (non-hydrogen) atoms. The van der Waals surface area contributed by atoms with Gasteiger partial charge in [-0.2, -0.15) is 5.01 Å². The summed E-state index contributed by atoms with van der Waals surface area (Å²) in [6.45, 7) is 2.50. The Morgan fingerprint density at radius 3 is 2.30 bits per heavy atom. The summed E-state index contributed by atoms with van der Waals surface area (Å²) in [6.07, 6.45) is -0.340. The third-order valence-corrected chi connectivity index (χ3v) is 4.38. The molecule has 0 saturated heterocycles. The Kier molecular flexibility index (Phi) is 4.87. The third-order valence-electron chi connectivity index (χ3n) is 4.38. The van der Waals surface area contributed by atoms with E-state index in [1.165, 1.54) is 14.0 Å². The van der Waals surface area contributed by atoms with Crippen LogP contribution in [0.5, 0.6) is 0 Å². The van der Waals surface area contributed by atoms with Gasteiger partial charge >= 0.3 is 5.82 Å². The molecule has 1 atom stereocenters. The molecular formula is C15H13N7O8. The number of ether oxygens (including phenoxy) is 1. The summed E-state index contributed by atoms with van der Waals surface area (Å²) in [4.78, 5) is 47.2. The van der Waals surface area contributed by atoms with Gasteiger partial charge in [0.05, 0.1) is 28.5 Å². The minimum absolute atomic E-state index is 0.0272. The van der Waals surface area contributed by atoms with Crippen LogP contribution in [0, 0.1) is 37.3 Å². The number of amides is 1. The Labute approximate surface area is 166 Å². The normalized spacial score (nSPS) is 15.5. The second kappa shape index (κ2) is 7.19. The van der Waals surface area contributed by atoms with E-state index < -0.39 is 38.3 Å². The van der Waals surface area contributed by atoms with Crippen LogP contribution in [-0.4, -0.2) is 41.1 Å². The van der Waals surface area contributed by atoms with Crippen LogP contribution < -0.4 is 0 Å². The molecule has 156 valence electrons. The van der Waals surface area contributed by atoms with Crippen molar-refractivity contribution in [3.63, 3.8) is 0 Å². The van der Waals surface area contributed by atoms with E-state index in [1.54, 1.807) is 0 Å². The lowest BCUT2D eigenvalue weighted by atomic mass is 10.1. The second-order valence-electron chi connectivity index (χ2n) is 6.18. The SMILES string of the molecule is CC(=O)N1N=C(c2cc([N+](=O)[O-])cc([N+](=O)[O-])c2C)OC1c1ncc([N+](=O)[O-])n1C. The van der Waals surface area contributed by atoms with Gasteiger partial charge in [0.15, 0.2) is 0 Å². The Hall–Kier alpha value is -4.43. The van der Waals surface area contributed by atoms with Gasteiger partial charge in [0, 0.05) is 18.6 Å².